The zero-order valence-corrected chi connectivity index (χ0v) is 17.2. The molecule has 28 heavy (non-hydrogen) atoms. The lowest BCUT2D eigenvalue weighted by atomic mass is 10.2. The largest absolute Gasteiger partial charge is 0.370 e. The molecule has 10 heteroatoms. The Hall–Kier alpha value is -2.39. The number of carbonyl (C=O) groups is 1. The fourth-order valence-corrected chi connectivity index (χ4v) is 3.57. The van der Waals surface area contributed by atoms with Gasteiger partial charge in [0.05, 0.1) is 5.75 Å². The number of rotatable bonds is 9. The number of hydrogen-bond acceptors (Lipinski definition) is 7. The molecule has 0 unspecified atom stereocenters. The van der Waals surface area contributed by atoms with Crippen LogP contribution in [-0.2, 0) is 23.5 Å². The second-order valence-corrected chi connectivity index (χ2v) is 8.06. The number of nitrogens with zero attached hydrogens (tertiary/aromatic N) is 5. The van der Waals surface area contributed by atoms with E-state index in [1.807, 2.05) is 16.7 Å². The summed E-state index contributed by atoms with van der Waals surface area (Å²) in [6.45, 7) is 4.98. The van der Waals surface area contributed by atoms with Gasteiger partial charge in [-0.05, 0) is 18.1 Å². The molecule has 0 fully saturated rings. The van der Waals surface area contributed by atoms with Gasteiger partial charge in [0.2, 0.25) is 17.6 Å². The normalized spacial score (nSPS) is 11.3. The number of primary amides is 1. The van der Waals surface area contributed by atoms with E-state index in [9.17, 15) is 4.79 Å². The molecule has 3 aromatic rings. The van der Waals surface area contributed by atoms with Gasteiger partial charge >= 0.3 is 0 Å². The van der Waals surface area contributed by atoms with Crippen molar-refractivity contribution in [1.82, 2.24) is 24.9 Å². The second-order valence-electron chi connectivity index (χ2n) is 6.68. The van der Waals surface area contributed by atoms with E-state index in [-0.39, 0.29) is 12.3 Å². The highest BCUT2D eigenvalue weighted by Crippen LogP contribution is 2.25. The van der Waals surface area contributed by atoms with Crippen LogP contribution in [0.15, 0.2) is 33.9 Å². The van der Waals surface area contributed by atoms with E-state index < -0.39 is 0 Å². The molecule has 1 aromatic carbocycles. The number of thioether (sulfide) groups is 1. The Morgan fingerprint density at radius 1 is 1.36 bits per heavy atom. The molecule has 0 aliphatic heterocycles. The fourth-order valence-electron chi connectivity index (χ4n) is 2.58. The third-order valence-electron chi connectivity index (χ3n) is 3.81. The molecule has 0 saturated heterocycles. The van der Waals surface area contributed by atoms with Gasteiger partial charge in [-0.3, -0.25) is 4.79 Å². The summed E-state index contributed by atoms with van der Waals surface area (Å²) in [5.41, 5.74) is 6.05. The molecular formula is C18H21ClN6O2S. The molecule has 148 valence electrons. The zero-order valence-electron chi connectivity index (χ0n) is 15.6. The summed E-state index contributed by atoms with van der Waals surface area (Å²) in [5, 5.41) is 13.8. The number of halogens is 1. The van der Waals surface area contributed by atoms with Crippen molar-refractivity contribution in [3.05, 3.63) is 41.0 Å². The number of aryl methyl sites for hydroxylation is 1. The average Bonchev–Trinajstić information content (AvgIpc) is 3.25. The van der Waals surface area contributed by atoms with E-state index in [0.29, 0.717) is 34.8 Å². The van der Waals surface area contributed by atoms with Crippen molar-refractivity contribution in [1.29, 1.82) is 0 Å². The van der Waals surface area contributed by atoms with Crippen molar-refractivity contribution in [2.24, 2.45) is 11.7 Å². The first kappa shape index (κ1) is 20.3. The Morgan fingerprint density at radius 2 is 2.18 bits per heavy atom. The Bertz CT molecular complexity index is 955. The van der Waals surface area contributed by atoms with Crippen molar-refractivity contribution in [2.45, 2.75) is 44.1 Å². The van der Waals surface area contributed by atoms with Crippen LogP contribution in [0.25, 0.3) is 11.4 Å². The molecule has 0 aliphatic rings. The summed E-state index contributed by atoms with van der Waals surface area (Å²) in [5.74, 6) is 2.23. The molecule has 3 rings (SSSR count). The lowest BCUT2D eigenvalue weighted by Crippen LogP contribution is -2.15. The van der Waals surface area contributed by atoms with Gasteiger partial charge in [0.1, 0.15) is 5.82 Å². The van der Waals surface area contributed by atoms with Crippen LogP contribution >= 0.6 is 23.4 Å². The summed E-state index contributed by atoms with van der Waals surface area (Å²) in [7, 11) is 0. The lowest BCUT2D eigenvalue weighted by Gasteiger charge is -2.11. The molecule has 0 aliphatic carbocycles. The van der Waals surface area contributed by atoms with Crippen molar-refractivity contribution in [3.63, 3.8) is 0 Å². The average molecular weight is 421 g/mol. The highest BCUT2D eigenvalue weighted by Gasteiger charge is 2.16. The van der Waals surface area contributed by atoms with Crippen LogP contribution in [0, 0.1) is 5.92 Å². The Morgan fingerprint density at radius 3 is 2.89 bits per heavy atom. The predicted octanol–water partition coefficient (Wildman–Crippen LogP) is 3.35. The summed E-state index contributed by atoms with van der Waals surface area (Å²) in [4.78, 5) is 15.5. The molecule has 2 heterocycles. The first-order valence-electron chi connectivity index (χ1n) is 8.84. The van der Waals surface area contributed by atoms with Gasteiger partial charge in [-0.2, -0.15) is 4.98 Å². The molecular weight excluding hydrogens is 400 g/mol. The van der Waals surface area contributed by atoms with Crippen molar-refractivity contribution in [3.8, 4) is 11.4 Å². The summed E-state index contributed by atoms with van der Waals surface area (Å²) in [6.07, 6.45) is 0.711. The smallest absolute Gasteiger partial charge is 0.237 e. The molecule has 0 bridgehead atoms. The number of nitrogens with two attached hydrogens (primary N) is 1. The van der Waals surface area contributed by atoms with E-state index in [0.717, 1.165) is 23.1 Å². The Kier molecular flexibility index (Phi) is 6.69. The molecule has 2 aromatic heterocycles. The summed E-state index contributed by atoms with van der Waals surface area (Å²) >= 11 is 7.47. The molecule has 0 spiro atoms. The molecule has 2 N–H and O–H groups in total. The number of aromatic nitrogens is 5. The number of hydrogen-bond donors (Lipinski definition) is 1. The van der Waals surface area contributed by atoms with Crippen LogP contribution in [0.1, 0.15) is 32.0 Å². The zero-order chi connectivity index (χ0) is 20.1. The third-order valence-corrected chi connectivity index (χ3v) is 5.00. The minimum absolute atomic E-state index is 0.244. The van der Waals surface area contributed by atoms with Gasteiger partial charge in [-0.25, -0.2) is 0 Å². The standard InChI is InChI=1S/C18H21ClN6O2S/c1-11(2)9-25-15(7-6-14(20)26)22-23-18(25)28-10-16-21-17(24-27-16)12-4-3-5-13(19)8-12/h3-5,8,11H,6-7,9-10H2,1-2H3,(H2,20,26). The second kappa shape index (κ2) is 9.20. The maximum atomic E-state index is 11.1. The summed E-state index contributed by atoms with van der Waals surface area (Å²) in [6, 6.07) is 7.29. The van der Waals surface area contributed by atoms with Crippen molar-refractivity contribution >= 4 is 29.3 Å². The molecule has 0 saturated carbocycles. The first-order valence-corrected chi connectivity index (χ1v) is 10.2. The minimum Gasteiger partial charge on any atom is -0.370 e. The van der Waals surface area contributed by atoms with E-state index in [1.54, 1.807) is 12.1 Å². The highest BCUT2D eigenvalue weighted by molar-refractivity contribution is 7.98. The molecule has 1 amide bonds. The maximum absolute atomic E-state index is 11.1. The van der Waals surface area contributed by atoms with Crippen LogP contribution in [0.3, 0.4) is 0 Å². The molecule has 0 atom stereocenters. The highest BCUT2D eigenvalue weighted by atomic mass is 35.5. The SMILES string of the molecule is CC(C)Cn1c(CCC(N)=O)nnc1SCc1nc(-c2cccc(Cl)c2)no1. The minimum atomic E-state index is -0.354. The van der Waals surface area contributed by atoms with Crippen LogP contribution in [-0.4, -0.2) is 30.8 Å². The summed E-state index contributed by atoms with van der Waals surface area (Å²) < 4.78 is 7.36. The number of carbonyl (C=O) groups excluding carboxylic acids is 1. The molecule has 0 radical (unpaired) electrons. The van der Waals surface area contributed by atoms with Gasteiger partial charge < -0.3 is 14.8 Å². The van der Waals surface area contributed by atoms with Gasteiger partial charge in [-0.15, -0.1) is 10.2 Å². The van der Waals surface area contributed by atoms with E-state index in [1.165, 1.54) is 11.8 Å². The lowest BCUT2D eigenvalue weighted by molar-refractivity contribution is -0.118. The van der Waals surface area contributed by atoms with Crippen molar-refractivity contribution in [2.75, 3.05) is 0 Å². The fraction of sp³-hybridized carbons (Fsp3) is 0.389. The first-order chi connectivity index (χ1) is 13.4. The topological polar surface area (TPSA) is 113 Å². The van der Waals surface area contributed by atoms with Crippen molar-refractivity contribution < 1.29 is 9.32 Å². The number of amides is 1. The van der Waals surface area contributed by atoms with Gasteiger partial charge in [0.15, 0.2) is 5.16 Å². The predicted molar refractivity (Wildman–Crippen MR) is 107 cm³/mol. The Balaban J connectivity index is 1.71. The third kappa shape index (κ3) is 5.32. The van der Waals surface area contributed by atoms with Crippen LogP contribution in [0.4, 0.5) is 0 Å². The Labute approximate surface area is 171 Å². The van der Waals surface area contributed by atoms with Crippen LogP contribution in [0.5, 0.6) is 0 Å². The maximum Gasteiger partial charge on any atom is 0.237 e. The van der Waals surface area contributed by atoms with E-state index in [4.69, 9.17) is 21.9 Å². The van der Waals surface area contributed by atoms with Gasteiger partial charge in [-0.1, -0.05) is 54.5 Å². The van der Waals surface area contributed by atoms with E-state index in [2.05, 4.69) is 34.2 Å². The van der Waals surface area contributed by atoms with Gasteiger partial charge in [0, 0.05) is 30.0 Å². The van der Waals surface area contributed by atoms with Gasteiger partial charge in [0.25, 0.3) is 0 Å². The quantitative estimate of drug-likeness (QED) is 0.528. The monoisotopic (exact) mass is 420 g/mol. The molecule has 8 nitrogen and oxygen atoms in total. The number of benzene rings is 1. The van der Waals surface area contributed by atoms with Crippen LogP contribution < -0.4 is 5.73 Å². The van der Waals surface area contributed by atoms with Crippen LogP contribution in [0.2, 0.25) is 5.02 Å². The van der Waals surface area contributed by atoms with E-state index >= 15 is 0 Å².